The number of rotatable bonds is 2. The van der Waals surface area contributed by atoms with E-state index in [1.807, 2.05) is 0 Å². The van der Waals surface area contributed by atoms with Gasteiger partial charge in [0.15, 0.2) is 0 Å². The Kier molecular flexibility index (Phi) is 2.73. The second-order valence-corrected chi connectivity index (χ2v) is 4.66. The van der Waals surface area contributed by atoms with E-state index in [1.54, 1.807) is 14.2 Å². The Balaban J connectivity index is 2.45. The third-order valence-corrected chi connectivity index (χ3v) is 3.83. The summed E-state index contributed by atoms with van der Waals surface area (Å²) >= 11 is 0. The highest BCUT2D eigenvalue weighted by molar-refractivity contribution is 5.45. The van der Waals surface area contributed by atoms with Gasteiger partial charge in [0, 0.05) is 14.2 Å². The van der Waals surface area contributed by atoms with Crippen molar-refractivity contribution >= 4 is 0 Å². The largest absolute Gasteiger partial charge is 0.346 e. The Morgan fingerprint density at radius 2 is 1.73 bits per heavy atom. The van der Waals surface area contributed by atoms with Gasteiger partial charge in [-0.05, 0) is 41.9 Å². The molecule has 0 fully saturated rings. The Bertz CT molecular complexity index is 310. The first kappa shape index (κ1) is 10.9. The molecule has 84 valence electrons. The summed E-state index contributed by atoms with van der Waals surface area (Å²) in [6.45, 7) is 4.55. The van der Waals surface area contributed by atoms with Gasteiger partial charge >= 0.3 is 0 Å². The lowest BCUT2D eigenvalue weighted by Crippen LogP contribution is -2.36. The van der Waals surface area contributed by atoms with E-state index in [0.29, 0.717) is 11.8 Å². The van der Waals surface area contributed by atoms with Crippen molar-refractivity contribution in [2.45, 2.75) is 32.5 Å². The van der Waals surface area contributed by atoms with E-state index in [9.17, 15) is 0 Å². The molecule has 0 saturated heterocycles. The zero-order valence-electron chi connectivity index (χ0n) is 10.0. The van der Waals surface area contributed by atoms with E-state index in [4.69, 9.17) is 9.47 Å². The fourth-order valence-corrected chi connectivity index (χ4v) is 2.88. The molecule has 2 heteroatoms. The minimum absolute atomic E-state index is 0.561. The van der Waals surface area contributed by atoms with Crippen LogP contribution in [0.2, 0.25) is 0 Å². The molecule has 0 amide bonds. The minimum Gasteiger partial charge on any atom is -0.346 e. The predicted molar refractivity (Wildman–Crippen MR) is 60.5 cm³/mol. The molecular formula is C13H20O2. The summed E-state index contributed by atoms with van der Waals surface area (Å²) in [5, 5.41) is 0. The van der Waals surface area contributed by atoms with Gasteiger partial charge in [-0.1, -0.05) is 19.9 Å². The number of ether oxygens (including phenoxy) is 2. The van der Waals surface area contributed by atoms with Crippen molar-refractivity contribution in [1.29, 1.82) is 0 Å². The lowest BCUT2D eigenvalue weighted by Gasteiger charge is -2.35. The number of methoxy groups -OCH3 is 2. The van der Waals surface area contributed by atoms with Crippen molar-refractivity contribution in [1.82, 2.24) is 0 Å². The van der Waals surface area contributed by atoms with Crippen LogP contribution in [0.1, 0.15) is 26.7 Å². The SMILES string of the molecule is COC1(OC)C=CC2=C1C(C)CCC2C. The Labute approximate surface area is 92.0 Å². The van der Waals surface area contributed by atoms with Crippen LogP contribution >= 0.6 is 0 Å². The summed E-state index contributed by atoms with van der Waals surface area (Å²) in [6.07, 6.45) is 6.74. The highest BCUT2D eigenvalue weighted by Crippen LogP contribution is 2.46. The highest BCUT2D eigenvalue weighted by Gasteiger charge is 2.42. The first-order valence-electron chi connectivity index (χ1n) is 5.68. The van der Waals surface area contributed by atoms with E-state index in [1.165, 1.54) is 24.0 Å². The van der Waals surface area contributed by atoms with E-state index >= 15 is 0 Å². The van der Waals surface area contributed by atoms with Gasteiger partial charge in [0.2, 0.25) is 5.79 Å². The molecule has 0 N–H and O–H groups in total. The average Bonchev–Trinajstić information content (AvgIpc) is 2.65. The molecule has 2 aliphatic carbocycles. The van der Waals surface area contributed by atoms with Crippen molar-refractivity contribution < 1.29 is 9.47 Å². The average molecular weight is 208 g/mol. The monoisotopic (exact) mass is 208 g/mol. The quantitative estimate of drug-likeness (QED) is 0.650. The van der Waals surface area contributed by atoms with Gasteiger partial charge in [-0.25, -0.2) is 0 Å². The third-order valence-electron chi connectivity index (χ3n) is 3.83. The van der Waals surface area contributed by atoms with Gasteiger partial charge in [0.1, 0.15) is 0 Å². The van der Waals surface area contributed by atoms with Crippen LogP contribution in [0.4, 0.5) is 0 Å². The summed E-state index contributed by atoms with van der Waals surface area (Å²) < 4.78 is 11.1. The van der Waals surface area contributed by atoms with Crippen molar-refractivity contribution in [3.8, 4) is 0 Å². The van der Waals surface area contributed by atoms with Gasteiger partial charge in [0.05, 0.1) is 0 Å². The number of hydrogen-bond acceptors (Lipinski definition) is 2. The van der Waals surface area contributed by atoms with Crippen LogP contribution in [0.5, 0.6) is 0 Å². The molecule has 0 heterocycles. The highest BCUT2D eigenvalue weighted by atomic mass is 16.7. The Morgan fingerprint density at radius 3 is 2.33 bits per heavy atom. The second-order valence-electron chi connectivity index (χ2n) is 4.66. The summed E-state index contributed by atoms with van der Waals surface area (Å²) in [5.74, 6) is 0.620. The molecule has 2 aliphatic rings. The van der Waals surface area contributed by atoms with Crippen LogP contribution in [-0.4, -0.2) is 20.0 Å². The molecule has 2 unspecified atom stereocenters. The smallest absolute Gasteiger partial charge is 0.211 e. The van der Waals surface area contributed by atoms with Crippen LogP contribution < -0.4 is 0 Å². The standard InChI is InChI=1S/C13H20O2/c1-9-5-6-10(2)12-11(9)7-8-13(12,14-3)15-4/h7-10H,5-6H2,1-4H3. The maximum Gasteiger partial charge on any atom is 0.211 e. The van der Waals surface area contributed by atoms with Crippen LogP contribution in [-0.2, 0) is 9.47 Å². The van der Waals surface area contributed by atoms with Crippen LogP contribution in [0.15, 0.2) is 23.3 Å². The minimum atomic E-state index is -0.580. The molecule has 0 aromatic carbocycles. The summed E-state index contributed by atoms with van der Waals surface area (Å²) in [7, 11) is 3.44. The lowest BCUT2D eigenvalue weighted by molar-refractivity contribution is -0.145. The maximum atomic E-state index is 5.57. The van der Waals surface area contributed by atoms with Crippen molar-refractivity contribution in [3.63, 3.8) is 0 Å². The molecule has 0 aromatic heterocycles. The number of allylic oxidation sites excluding steroid dienone is 2. The number of hydrogen-bond donors (Lipinski definition) is 0. The summed E-state index contributed by atoms with van der Waals surface area (Å²) in [4.78, 5) is 0. The molecule has 0 saturated carbocycles. The third kappa shape index (κ3) is 1.47. The Morgan fingerprint density at radius 1 is 1.13 bits per heavy atom. The molecule has 2 atom stereocenters. The molecule has 0 radical (unpaired) electrons. The molecule has 2 nitrogen and oxygen atoms in total. The molecule has 0 bridgehead atoms. The van der Waals surface area contributed by atoms with E-state index in [2.05, 4.69) is 26.0 Å². The molecule has 0 spiro atoms. The van der Waals surface area contributed by atoms with E-state index in [0.717, 1.165) is 0 Å². The molecule has 2 rings (SSSR count). The normalized spacial score (nSPS) is 33.3. The van der Waals surface area contributed by atoms with Gasteiger partial charge < -0.3 is 9.47 Å². The van der Waals surface area contributed by atoms with Gasteiger partial charge in [0.25, 0.3) is 0 Å². The summed E-state index contributed by atoms with van der Waals surface area (Å²) in [5.41, 5.74) is 2.77. The molecule has 0 aliphatic heterocycles. The fourth-order valence-electron chi connectivity index (χ4n) is 2.88. The zero-order chi connectivity index (χ0) is 11.1. The molecular weight excluding hydrogens is 188 g/mol. The second kappa shape index (κ2) is 3.76. The Hall–Kier alpha value is -0.600. The van der Waals surface area contributed by atoms with Crippen molar-refractivity contribution in [3.05, 3.63) is 23.3 Å². The first-order valence-corrected chi connectivity index (χ1v) is 5.68. The summed E-state index contributed by atoms with van der Waals surface area (Å²) in [6, 6.07) is 0. The molecule has 0 aromatic rings. The lowest BCUT2D eigenvalue weighted by atomic mass is 9.78. The van der Waals surface area contributed by atoms with Crippen LogP contribution in [0, 0.1) is 11.8 Å². The zero-order valence-corrected chi connectivity index (χ0v) is 10.0. The van der Waals surface area contributed by atoms with Gasteiger partial charge in [-0.2, -0.15) is 0 Å². The van der Waals surface area contributed by atoms with E-state index < -0.39 is 5.79 Å². The van der Waals surface area contributed by atoms with Crippen molar-refractivity contribution in [2.75, 3.05) is 14.2 Å². The van der Waals surface area contributed by atoms with Crippen LogP contribution in [0.3, 0.4) is 0 Å². The van der Waals surface area contributed by atoms with Gasteiger partial charge in [-0.15, -0.1) is 0 Å². The van der Waals surface area contributed by atoms with Gasteiger partial charge in [-0.3, -0.25) is 0 Å². The van der Waals surface area contributed by atoms with Crippen LogP contribution in [0.25, 0.3) is 0 Å². The van der Waals surface area contributed by atoms with E-state index in [-0.39, 0.29) is 0 Å². The maximum absolute atomic E-state index is 5.57. The topological polar surface area (TPSA) is 18.5 Å². The van der Waals surface area contributed by atoms with Crippen molar-refractivity contribution in [2.24, 2.45) is 11.8 Å². The predicted octanol–water partition coefficient (Wildman–Crippen LogP) is 2.91. The first-order chi connectivity index (χ1) is 7.14. The fraction of sp³-hybridized carbons (Fsp3) is 0.692. The molecule has 15 heavy (non-hydrogen) atoms.